The molecule has 2 aliphatic rings. The van der Waals surface area contributed by atoms with Gasteiger partial charge in [-0.15, -0.1) is 0 Å². The molecule has 2 aliphatic heterocycles. The van der Waals surface area contributed by atoms with Crippen LogP contribution < -0.4 is 14.4 Å². The fraction of sp³-hybridized carbons (Fsp3) is 0.391. The van der Waals surface area contributed by atoms with E-state index in [0.29, 0.717) is 34.7 Å². The molecule has 2 heterocycles. The quantitative estimate of drug-likeness (QED) is 0.718. The largest absolute Gasteiger partial charge is 0.493 e. The molecule has 4 rings (SSSR count). The van der Waals surface area contributed by atoms with Gasteiger partial charge in [0.15, 0.2) is 11.5 Å². The summed E-state index contributed by atoms with van der Waals surface area (Å²) in [6.45, 7) is 0. The lowest BCUT2D eigenvalue weighted by molar-refractivity contribution is 0.0204. The van der Waals surface area contributed by atoms with E-state index in [1.54, 1.807) is 32.4 Å². The number of ether oxygens (including phenoxy) is 3. The minimum absolute atomic E-state index is 0.108. The van der Waals surface area contributed by atoms with Crippen molar-refractivity contribution < 1.29 is 19.0 Å². The number of hydrogen-bond acceptors (Lipinski definition) is 6. The van der Waals surface area contributed by atoms with Gasteiger partial charge >= 0.3 is 5.97 Å². The predicted octanol–water partition coefficient (Wildman–Crippen LogP) is 3.93. The maximum absolute atomic E-state index is 12.7. The van der Waals surface area contributed by atoms with Crippen molar-refractivity contribution in [1.82, 2.24) is 0 Å². The monoisotopic (exact) mass is 392 g/mol. The highest BCUT2D eigenvalue weighted by molar-refractivity contribution is 5.90. The van der Waals surface area contributed by atoms with Gasteiger partial charge in [0.2, 0.25) is 0 Å². The van der Waals surface area contributed by atoms with Gasteiger partial charge < -0.3 is 19.1 Å². The summed E-state index contributed by atoms with van der Waals surface area (Å²) in [6, 6.07) is 15.7. The average Bonchev–Trinajstić information content (AvgIpc) is 3.03. The zero-order valence-electron chi connectivity index (χ0n) is 16.6. The van der Waals surface area contributed by atoms with E-state index in [9.17, 15) is 10.1 Å². The zero-order chi connectivity index (χ0) is 20.4. The molecule has 0 aliphatic carbocycles. The Labute approximate surface area is 170 Å². The molecule has 2 bridgehead atoms. The van der Waals surface area contributed by atoms with Crippen LogP contribution in [-0.4, -0.2) is 38.4 Å². The van der Waals surface area contributed by atoms with Crippen LogP contribution in [0.15, 0.2) is 42.5 Å². The van der Waals surface area contributed by atoms with Gasteiger partial charge in [-0.25, -0.2) is 4.79 Å². The van der Waals surface area contributed by atoms with Gasteiger partial charge in [-0.2, -0.15) is 5.26 Å². The minimum Gasteiger partial charge on any atom is -0.493 e. The SMILES string of the molecule is COc1ccc(C(=O)OC2CC3CC[C@H](C2)N3c2cccc(C#N)c2)cc1OC. The Morgan fingerprint density at radius 1 is 1.03 bits per heavy atom. The van der Waals surface area contributed by atoms with E-state index in [1.165, 1.54) is 0 Å². The molecule has 0 spiro atoms. The summed E-state index contributed by atoms with van der Waals surface area (Å²) in [5.74, 6) is 0.750. The van der Waals surface area contributed by atoms with Crippen molar-refractivity contribution >= 4 is 11.7 Å². The number of fused-ring (bicyclic) bond motifs is 2. The van der Waals surface area contributed by atoms with E-state index in [0.717, 1.165) is 31.4 Å². The first-order chi connectivity index (χ1) is 14.1. The fourth-order valence-corrected chi connectivity index (χ4v) is 4.56. The lowest BCUT2D eigenvalue weighted by Crippen LogP contribution is -2.46. The third kappa shape index (κ3) is 3.73. The van der Waals surface area contributed by atoms with Crippen molar-refractivity contribution in [3.05, 3.63) is 53.6 Å². The molecule has 29 heavy (non-hydrogen) atoms. The van der Waals surface area contributed by atoms with E-state index >= 15 is 0 Å². The second kappa shape index (κ2) is 8.04. The van der Waals surface area contributed by atoms with Crippen LogP contribution in [0.2, 0.25) is 0 Å². The number of esters is 1. The third-order valence-electron chi connectivity index (χ3n) is 5.86. The molecule has 2 aromatic carbocycles. The van der Waals surface area contributed by atoms with E-state index in [4.69, 9.17) is 14.2 Å². The number of piperidine rings is 1. The molecule has 6 nitrogen and oxygen atoms in total. The second-order valence-electron chi connectivity index (χ2n) is 7.52. The number of hydrogen-bond donors (Lipinski definition) is 0. The first-order valence-electron chi connectivity index (χ1n) is 9.84. The normalized spacial score (nSPS) is 22.7. The van der Waals surface area contributed by atoms with E-state index in [-0.39, 0.29) is 12.1 Å². The molecule has 0 amide bonds. The van der Waals surface area contributed by atoms with Gasteiger partial charge in [-0.3, -0.25) is 0 Å². The smallest absolute Gasteiger partial charge is 0.338 e. The molecule has 0 aromatic heterocycles. The van der Waals surface area contributed by atoms with Crippen LogP contribution in [0.1, 0.15) is 41.6 Å². The van der Waals surface area contributed by atoms with Crippen molar-refractivity contribution in [2.45, 2.75) is 43.9 Å². The Kier molecular flexibility index (Phi) is 5.30. The highest BCUT2D eigenvalue weighted by Crippen LogP contribution is 2.40. The van der Waals surface area contributed by atoms with Crippen LogP contribution in [0.4, 0.5) is 5.69 Å². The van der Waals surface area contributed by atoms with Crippen LogP contribution in [0, 0.1) is 11.3 Å². The molecule has 0 N–H and O–H groups in total. The number of benzene rings is 2. The molecule has 2 fully saturated rings. The zero-order valence-corrected chi connectivity index (χ0v) is 16.6. The molecule has 150 valence electrons. The lowest BCUT2D eigenvalue weighted by atomic mass is 9.98. The summed E-state index contributed by atoms with van der Waals surface area (Å²) in [5, 5.41) is 9.18. The molecule has 3 atom stereocenters. The molecule has 2 aromatic rings. The molecular formula is C23H24N2O4. The Balaban J connectivity index is 1.45. The molecule has 0 saturated carbocycles. The maximum Gasteiger partial charge on any atom is 0.338 e. The predicted molar refractivity (Wildman–Crippen MR) is 108 cm³/mol. The Morgan fingerprint density at radius 2 is 1.76 bits per heavy atom. The average molecular weight is 392 g/mol. The van der Waals surface area contributed by atoms with Gasteiger partial charge in [0, 0.05) is 30.6 Å². The van der Waals surface area contributed by atoms with Gasteiger partial charge in [0.25, 0.3) is 0 Å². The van der Waals surface area contributed by atoms with Gasteiger partial charge in [-0.1, -0.05) is 6.07 Å². The van der Waals surface area contributed by atoms with Crippen molar-refractivity contribution in [3.8, 4) is 17.6 Å². The van der Waals surface area contributed by atoms with E-state index < -0.39 is 0 Å². The molecule has 0 radical (unpaired) electrons. The number of nitrogens with zero attached hydrogens (tertiary/aromatic N) is 2. The summed E-state index contributed by atoms with van der Waals surface area (Å²) < 4.78 is 16.4. The second-order valence-corrected chi connectivity index (χ2v) is 7.52. The number of methoxy groups -OCH3 is 2. The Morgan fingerprint density at radius 3 is 2.41 bits per heavy atom. The minimum atomic E-state index is -0.338. The molecule has 6 heteroatoms. The van der Waals surface area contributed by atoms with Gasteiger partial charge in [0.05, 0.1) is 31.4 Å². The first-order valence-corrected chi connectivity index (χ1v) is 9.84. The van der Waals surface area contributed by atoms with Crippen molar-refractivity contribution in [1.29, 1.82) is 5.26 Å². The van der Waals surface area contributed by atoms with E-state index in [1.807, 2.05) is 18.2 Å². The molecule has 2 unspecified atom stereocenters. The summed E-state index contributed by atoms with van der Waals surface area (Å²) in [5.41, 5.74) is 2.21. The summed E-state index contributed by atoms with van der Waals surface area (Å²) >= 11 is 0. The highest BCUT2D eigenvalue weighted by Gasteiger charge is 2.42. The summed E-state index contributed by atoms with van der Waals surface area (Å²) in [4.78, 5) is 15.1. The van der Waals surface area contributed by atoms with E-state index in [2.05, 4.69) is 17.0 Å². The number of carbonyl (C=O) groups is 1. The summed E-state index contributed by atoms with van der Waals surface area (Å²) in [7, 11) is 3.10. The van der Waals surface area contributed by atoms with Crippen LogP contribution in [-0.2, 0) is 4.74 Å². The number of nitriles is 1. The summed E-state index contributed by atoms with van der Waals surface area (Å²) in [6.07, 6.45) is 3.64. The van der Waals surface area contributed by atoms with Crippen molar-refractivity contribution in [2.24, 2.45) is 0 Å². The van der Waals surface area contributed by atoms with Gasteiger partial charge in [0.1, 0.15) is 6.10 Å². The topological polar surface area (TPSA) is 71.8 Å². The standard InChI is InChI=1S/C23H24N2O4/c1-27-21-9-6-16(11-22(21)28-2)23(26)29-20-12-18-7-8-19(13-20)25(18)17-5-3-4-15(10-17)14-24/h3-6,9-11,18-20H,7-8,12-13H2,1-2H3/t18-,19?,20?/m1/s1. The van der Waals surface area contributed by atoms with Crippen LogP contribution in [0.25, 0.3) is 0 Å². The van der Waals surface area contributed by atoms with Crippen LogP contribution >= 0.6 is 0 Å². The number of carbonyl (C=O) groups excluding carboxylic acids is 1. The number of rotatable bonds is 5. The fourth-order valence-electron chi connectivity index (χ4n) is 4.56. The molecular weight excluding hydrogens is 368 g/mol. The van der Waals surface area contributed by atoms with Crippen LogP contribution in [0.3, 0.4) is 0 Å². The molecule has 2 saturated heterocycles. The highest BCUT2D eigenvalue weighted by atomic mass is 16.5. The number of anilines is 1. The third-order valence-corrected chi connectivity index (χ3v) is 5.86. The lowest BCUT2D eigenvalue weighted by Gasteiger charge is -2.40. The van der Waals surface area contributed by atoms with Crippen molar-refractivity contribution in [2.75, 3.05) is 19.1 Å². The Bertz CT molecular complexity index is 938. The van der Waals surface area contributed by atoms with Crippen LogP contribution in [0.5, 0.6) is 11.5 Å². The Hall–Kier alpha value is -3.20. The maximum atomic E-state index is 12.7. The van der Waals surface area contributed by atoms with Crippen molar-refractivity contribution in [3.63, 3.8) is 0 Å². The first kappa shape index (κ1) is 19.1. The van der Waals surface area contributed by atoms with Gasteiger partial charge in [-0.05, 0) is 49.2 Å².